The van der Waals surface area contributed by atoms with E-state index in [-0.39, 0.29) is 5.16 Å². The van der Waals surface area contributed by atoms with Gasteiger partial charge in [0.05, 0.1) is 0 Å². The molecule has 2 rings (SSSR count). The molecule has 8 heteroatoms. The van der Waals surface area contributed by atoms with Crippen molar-refractivity contribution in [2.24, 2.45) is 7.05 Å². The molecule has 1 aromatic heterocycles. The standard InChI is InChI=1S/C13H14ClN3O3S/c1-9-3-4-10(14)7-11(9)16-12(18)8-21(19,20)13-15-5-6-17(13)2/h3-7H,8H2,1-2H3,(H,16,18). The number of aryl methyl sites for hydroxylation is 2. The second kappa shape index (κ2) is 5.87. The first-order valence-corrected chi connectivity index (χ1v) is 8.09. The molecule has 0 saturated heterocycles. The molecule has 0 aliphatic rings. The molecule has 1 N–H and O–H groups in total. The number of hydrogen-bond donors (Lipinski definition) is 1. The van der Waals surface area contributed by atoms with E-state index in [0.717, 1.165) is 5.56 Å². The second-order valence-electron chi connectivity index (χ2n) is 4.59. The van der Waals surface area contributed by atoms with Crippen LogP contribution in [0.3, 0.4) is 0 Å². The van der Waals surface area contributed by atoms with Crippen LogP contribution in [0.15, 0.2) is 35.7 Å². The van der Waals surface area contributed by atoms with E-state index in [0.29, 0.717) is 10.7 Å². The summed E-state index contributed by atoms with van der Waals surface area (Å²) in [5.41, 5.74) is 1.28. The maximum Gasteiger partial charge on any atom is 0.240 e. The van der Waals surface area contributed by atoms with Gasteiger partial charge in [0.2, 0.25) is 20.9 Å². The maximum atomic E-state index is 12.1. The summed E-state index contributed by atoms with van der Waals surface area (Å²) in [6, 6.07) is 5.00. The maximum absolute atomic E-state index is 12.1. The molecule has 112 valence electrons. The van der Waals surface area contributed by atoms with Crippen molar-refractivity contribution in [2.45, 2.75) is 12.1 Å². The highest BCUT2D eigenvalue weighted by Crippen LogP contribution is 2.20. The van der Waals surface area contributed by atoms with Gasteiger partial charge in [-0.15, -0.1) is 0 Å². The van der Waals surface area contributed by atoms with Gasteiger partial charge >= 0.3 is 0 Å². The van der Waals surface area contributed by atoms with Gasteiger partial charge < -0.3 is 9.88 Å². The number of nitrogens with zero attached hydrogens (tertiary/aromatic N) is 2. The van der Waals surface area contributed by atoms with E-state index < -0.39 is 21.5 Å². The molecule has 2 aromatic rings. The highest BCUT2D eigenvalue weighted by atomic mass is 35.5. The van der Waals surface area contributed by atoms with Crippen molar-refractivity contribution in [1.82, 2.24) is 9.55 Å². The molecular formula is C13H14ClN3O3S. The predicted molar refractivity (Wildman–Crippen MR) is 80.1 cm³/mol. The quantitative estimate of drug-likeness (QED) is 0.928. The summed E-state index contributed by atoms with van der Waals surface area (Å²) in [6.45, 7) is 1.79. The Morgan fingerprint density at radius 3 is 2.76 bits per heavy atom. The number of rotatable bonds is 4. The van der Waals surface area contributed by atoms with Gasteiger partial charge in [-0.25, -0.2) is 13.4 Å². The van der Waals surface area contributed by atoms with E-state index in [1.54, 1.807) is 32.2 Å². The Bertz CT molecular complexity index is 784. The van der Waals surface area contributed by atoms with Crippen LogP contribution in [0.2, 0.25) is 5.02 Å². The number of carbonyl (C=O) groups is 1. The SMILES string of the molecule is Cc1ccc(Cl)cc1NC(=O)CS(=O)(=O)c1nccn1C. The average Bonchev–Trinajstić information content (AvgIpc) is 2.80. The minimum atomic E-state index is -3.78. The minimum Gasteiger partial charge on any atom is -0.325 e. The van der Waals surface area contributed by atoms with Crippen LogP contribution in [-0.2, 0) is 21.7 Å². The summed E-state index contributed by atoms with van der Waals surface area (Å²) in [5.74, 6) is -1.31. The highest BCUT2D eigenvalue weighted by Gasteiger charge is 2.23. The van der Waals surface area contributed by atoms with Gasteiger partial charge in [0.25, 0.3) is 0 Å². The smallest absolute Gasteiger partial charge is 0.240 e. The number of amides is 1. The van der Waals surface area contributed by atoms with Crippen LogP contribution in [0.25, 0.3) is 0 Å². The summed E-state index contributed by atoms with van der Waals surface area (Å²) in [7, 11) is -2.23. The van der Waals surface area contributed by atoms with Crippen molar-refractivity contribution in [1.29, 1.82) is 0 Å². The van der Waals surface area contributed by atoms with Gasteiger partial charge in [-0.05, 0) is 24.6 Å². The lowest BCUT2D eigenvalue weighted by atomic mass is 10.2. The zero-order chi connectivity index (χ0) is 15.6. The molecule has 0 aliphatic heterocycles. The number of sulfone groups is 1. The van der Waals surface area contributed by atoms with Gasteiger partial charge in [0.15, 0.2) is 0 Å². The Kier molecular flexibility index (Phi) is 4.34. The molecule has 0 bridgehead atoms. The van der Waals surface area contributed by atoms with Crippen LogP contribution in [0.1, 0.15) is 5.56 Å². The molecule has 0 atom stereocenters. The summed E-state index contributed by atoms with van der Waals surface area (Å²) < 4.78 is 25.5. The van der Waals surface area contributed by atoms with Crippen molar-refractivity contribution in [3.8, 4) is 0 Å². The van der Waals surface area contributed by atoms with E-state index in [9.17, 15) is 13.2 Å². The van der Waals surface area contributed by atoms with Crippen LogP contribution in [0.4, 0.5) is 5.69 Å². The molecule has 0 spiro atoms. The monoisotopic (exact) mass is 327 g/mol. The number of nitrogens with one attached hydrogen (secondary N) is 1. The Morgan fingerprint density at radius 1 is 1.43 bits per heavy atom. The Labute approximate surface area is 127 Å². The minimum absolute atomic E-state index is 0.138. The molecule has 1 heterocycles. The highest BCUT2D eigenvalue weighted by molar-refractivity contribution is 7.92. The first-order chi connectivity index (χ1) is 9.79. The lowest BCUT2D eigenvalue weighted by Crippen LogP contribution is -2.25. The van der Waals surface area contributed by atoms with Crippen LogP contribution < -0.4 is 5.32 Å². The van der Waals surface area contributed by atoms with E-state index in [4.69, 9.17) is 11.6 Å². The molecule has 0 radical (unpaired) electrons. The molecule has 6 nitrogen and oxygen atoms in total. The fourth-order valence-corrected chi connectivity index (χ4v) is 3.24. The van der Waals surface area contributed by atoms with Gasteiger partial charge in [-0.1, -0.05) is 17.7 Å². The number of carbonyl (C=O) groups excluding carboxylic acids is 1. The molecule has 1 amide bonds. The molecule has 1 aromatic carbocycles. The number of halogens is 1. The van der Waals surface area contributed by atoms with Gasteiger partial charge in [-0.3, -0.25) is 4.79 Å². The Hall–Kier alpha value is -1.86. The number of anilines is 1. The normalized spacial score (nSPS) is 11.4. The van der Waals surface area contributed by atoms with Gasteiger partial charge in [0.1, 0.15) is 5.75 Å². The third kappa shape index (κ3) is 3.62. The van der Waals surface area contributed by atoms with Crippen molar-refractivity contribution in [3.05, 3.63) is 41.2 Å². The Balaban J connectivity index is 2.15. The summed E-state index contributed by atoms with van der Waals surface area (Å²) >= 11 is 5.85. The third-order valence-electron chi connectivity index (χ3n) is 2.85. The van der Waals surface area contributed by atoms with E-state index in [1.807, 2.05) is 0 Å². The summed E-state index contributed by atoms with van der Waals surface area (Å²) in [6.07, 6.45) is 2.87. The summed E-state index contributed by atoms with van der Waals surface area (Å²) in [4.78, 5) is 15.7. The van der Waals surface area contributed by atoms with Crippen LogP contribution >= 0.6 is 11.6 Å². The van der Waals surface area contributed by atoms with Crippen molar-refractivity contribution in [2.75, 3.05) is 11.1 Å². The number of aromatic nitrogens is 2. The second-order valence-corrected chi connectivity index (χ2v) is 6.91. The third-order valence-corrected chi connectivity index (χ3v) is 4.68. The van der Waals surface area contributed by atoms with Crippen molar-refractivity contribution in [3.63, 3.8) is 0 Å². The van der Waals surface area contributed by atoms with E-state index in [2.05, 4.69) is 10.3 Å². The zero-order valence-corrected chi connectivity index (χ0v) is 13.1. The van der Waals surface area contributed by atoms with E-state index in [1.165, 1.54) is 17.0 Å². The molecule has 0 unspecified atom stereocenters. The number of hydrogen-bond acceptors (Lipinski definition) is 4. The molecule has 0 aliphatic carbocycles. The predicted octanol–water partition coefficient (Wildman–Crippen LogP) is 1.79. The first kappa shape index (κ1) is 15.5. The number of benzene rings is 1. The lowest BCUT2D eigenvalue weighted by molar-refractivity contribution is -0.113. The topological polar surface area (TPSA) is 81.1 Å². The lowest BCUT2D eigenvalue weighted by Gasteiger charge is -2.09. The van der Waals surface area contributed by atoms with Crippen LogP contribution in [-0.4, -0.2) is 29.6 Å². The average molecular weight is 328 g/mol. The van der Waals surface area contributed by atoms with Crippen LogP contribution in [0.5, 0.6) is 0 Å². The first-order valence-electron chi connectivity index (χ1n) is 6.05. The van der Waals surface area contributed by atoms with Crippen molar-refractivity contribution >= 4 is 33.0 Å². The van der Waals surface area contributed by atoms with Gasteiger partial charge in [0, 0.05) is 30.2 Å². The molecular weight excluding hydrogens is 314 g/mol. The molecule has 21 heavy (non-hydrogen) atoms. The number of imidazole rings is 1. The van der Waals surface area contributed by atoms with Gasteiger partial charge in [-0.2, -0.15) is 0 Å². The summed E-state index contributed by atoms with van der Waals surface area (Å²) in [5, 5.41) is 2.87. The Morgan fingerprint density at radius 2 is 2.14 bits per heavy atom. The van der Waals surface area contributed by atoms with E-state index >= 15 is 0 Å². The fraction of sp³-hybridized carbons (Fsp3) is 0.231. The fourth-order valence-electron chi connectivity index (χ4n) is 1.80. The van der Waals surface area contributed by atoms with Crippen molar-refractivity contribution < 1.29 is 13.2 Å². The van der Waals surface area contributed by atoms with Crippen LogP contribution in [0, 0.1) is 6.92 Å². The zero-order valence-electron chi connectivity index (χ0n) is 11.5. The molecule has 0 saturated carbocycles. The largest absolute Gasteiger partial charge is 0.325 e. The molecule has 0 fully saturated rings.